The summed E-state index contributed by atoms with van der Waals surface area (Å²) in [6.45, 7) is 3.11. The van der Waals surface area contributed by atoms with Crippen molar-refractivity contribution in [1.82, 2.24) is 10.2 Å². The van der Waals surface area contributed by atoms with Crippen LogP contribution in [0.4, 0.5) is 5.69 Å². The van der Waals surface area contributed by atoms with Gasteiger partial charge in [-0.3, -0.25) is 4.79 Å². The maximum absolute atomic E-state index is 12.6. The predicted molar refractivity (Wildman–Crippen MR) is 96.7 cm³/mol. The van der Waals surface area contributed by atoms with Gasteiger partial charge in [0.2, 0.25) is 0 Å². The summed E-state index contributed by atoms with van der Waals surface area (Å²) in [5.41, 5.74) is 6.63. The smallest absolute Gasteiger partial charge is 0.255 e. The first kappa shape index (κ1) is 17.4. The number of halogens is 1. The van der Waals surface area contributed by atoms with Gasteiger partial charge in [-0.05, 0) is 50.8 Å². The maximum Gasteiger partial charge on any atom is 0.255 e. The monoisotopic (exact) mass is 351 g/mol. The molecule has 2 saturated heterocycles. The minimum atomic E-state index is -0.151. The molecule has 3 N–H and O–H groups in total. The van der Waals surface area contributed by atoms with Crippen LogP contribution in [0.3, 0.4) is 0 Å². The summed E-state index contributed by atoms with van der Waals surface area (Å²) in [6.07, 6.45) is 6.25. The molecule has 5 nitrogen and oxygen atoms in total. The van der Waals surface area contributed by atoms with Crippen LogP contribution >= 0.6 is 11.6 Å². The number of amides is 1. The highest BCUT2D eigenvalue weighted by atomic mass is 35.5. The van der Waals surface area contributed by atoms with E-state index >= 15 is 0 Å². The Kier molecular flexibility index (Phi) is 5.51. The molecule has 6 heteroatoms. The van der Waals surface area contributed by atoms with Crippen molar-refractivity contribution in [1.29, 1.82) is 0 Å². The molecule has 0 aliphatic carbocycles. The summed E-state index contributed by atoms with van der Waals surface area (Å²) >= 11 is 6.06. The van der Waals surface area contributed by atoms with Gasteiger partial charge in [-0.1, -0.05) is 18.0 Å². The van der Waals surface area contributed by atoms with Crippen molar-refractivity contribution in [2.24, 2.45) is 5.92 Å². The molecule has 2 aliphatic rings. The average molecular weight is 352 g/mol. The summed E-state index contributed by atoms with van der Waals surface area (Å²) in [5, 5.41) is 3.45. The number of fused-ring (bicyclic) bond motifs is 1. The highest BCUT2D eigenvalue weighted by molar-refractivity contribution is 6.33. The first-order valence-corrected chi connectivity index (χ1v) is 9.13. The molecule has 0 radical (unpaired) electrons. The van der Waals surface area contributed by atoms with Gasteiger partial charge in [-0.25, -0.2) is 0 Å². The maximum atomic E-state index is 12.6. The van der Waals surface area contributed by atoms with E-state index in [1.807, 2.05) is 0 Å². The molecule has 2 atom stereocenters. The number of anilines is 1. The number of rotatable bonds is 4. The first-order valence-electron chi connectivity index (χ1n) is 8.75. The van der Waals surface area contributed by atoms with Crippen LogP contribution < -0.4 is 15.8 Å². The van der Waals surface area contributed by atoms with Crippen LogP contribution in [0.25, 0.3) is 0 Å². The van der Waals surface area contributed by atoms with Crippen LogP contribution in [-0.2, 0) is 0 Å². The topological polar surface area (TPSA) is 67.6 Å². The lowest BCUT2D eigenvalue weighted by atomic mass is 9.83. The van der Waals surface area contributed by atoms with Crippen LogP contribution in [0.1, 0.15) is 42.5 Å². The summed E-state index contributed by atoms with van der Waals surface area (Å²) in [4.78, 5) is 15.2. The number of carbonyl (C=O) groups is 1. The molecule has 0 aromatic heterocycles. The number of hydrogen-bond donors (Lipinski definition) is 2. The summed E-state index contributed by atoms with van der Waals surface area (Å²) in [5.74, 6) is 0.831. The molecular weight excluding hydrogens is 326 g/mol. The molecule has 0 bridgehead atoms. The molecule has 0 saturated carbocycles. The van der Waals surface area contributed by atoms with Gasteiger partial charge in [-0.2, -0.15) is 0 Å². The fourth-order valence-corrected chi connectivity index (χ4v) is 4.21. The van der Waals surface area contributed by atoms with Gasteiger partial charge in [0.05, 0.1) is 23.4 Å². The van der Waals surface area contributed by atoms with E-state index in [1.54, 1.807) is 12.1 Å². The van der Waals surface area contributed by atoms with Gasteiger partial charge in [0.25, 0.3) is 5.91 Å². The molecule has 24 heavy (non-hydrogen) atoms. The van der Waals surface area contributed by atoms with Gasteiger partial charge in [0, 0.05) is 18.7 Å². The largest absolute Gasteiger partial charge is 0.496 e. The number of nitrogens with two attached hydrogens (primary N) is 1. The van der Waals surface area contributed by atoms with Gasteiger partial charge >= 0.3 is 0 Å². The van der Waals surface area contributed by atoms with E-state index in [0.717, 1.165) is 0 Å². The number of nitrogen functional groups attached to an aromatic ring is 1. The Hall–Kier alpha value is -1.46. The number of piperidine rings is 2. The van der Waals surface area contributed by atoms with E-state index in [0.29, 0.717) is 40.5 Å². The summed E-state index contributed by atoms with van der Waals surface area (Å²) in [7, 11) is 1.53. The molecule has 2 heterocycles. The lowest BCUT2D eigenvalue weighted by Crippen LogP contribution is -2.51. The fourth-order valence-electron chi connectivity index (χ4n) is 4.05. The molecule has 0 unspecified atom stereocenters. The van der Waals surface area contributed by atoms with Crippen molar-refractivity contribution in [3.8, 4) is 5.75 Å². The first-order chi connectivity index (χ1) is 11.6. The normalized spacial score (nSPS) is 24.2. The van der Waals surface area contributed by atoms with Crippen LogP contribution in [0.15, 0.2) is 12.1 Å². The van der Waals surface area contributed by atoms with Gasteiger partial charge in [0.1, 0.15) is 5.75 Å². The third kappa shape index (κ3) is 3.62. The summed E-state index contributed by atoms with van der Waals surface area (Å²) < 4.78 is 5.27. The fraction of sp³-hybridized carbons (Fsp3) is 0.611. The minimum absolute atomic E-state index is 0.151. The number of nitrogens with one attached hydrogen (secondary N) is 1. The van der Waals surface area contributed by atoms with Crippen LogP contribution in [0, 0.1) is 5.92 Å². The lowest BCUT2D eigenvalue weighted by Gasteiger charge is -2.44. The second-order valence-corrected chi connectivity index (χ2v) is 7.19. The third-order valence-corrected chi connectivity index (χ3v) is 5.64. The second kappa shape index (κ2) is 7.62. The molecular formula is C18H26ClN3O2. The zero-order valence-electron chi connectivity index (χ0n) is 14.2. The Morgan fingerprint density at radius 3 is 2.92 bits per heavy atom. The average Bonchev–Trinajstić information content (AvgIpc) is 2.61. The number of methoxy groups -OCH3 is 1. The van der Waals surface area contributed by atoms with Crippen LogP contribution in [0.5, 0.6) is 5.75 Å². The molecule has 1 aromatic carbocycles. The van der Waals surface area contributed by atoms with E-state index < -0.39 is 0 Å². The molecule has 2 aliphatic heterocycles. The van der Waals surface area contributed by atoms with E-state index in [2.05, 4.69) is 10.2 Å². The van der Waals surface area contributed by atoms with Crippen LogP contribution in [-0.4, -0.2) is 43.6 Å². The number of carbonyl (C=O) groups excluding carboxylic acids is 1. The Morgan fingerprint density at radius 2 is 2.12 bits per heavy atom. The molecule has 132 valence electrons. The Labute approximate surface area is 148 Å². The van der Waals surface area contributed by atoms with Gasteiger partial charge in [0.15, 0.2) is 0 Å². The van der Waals surface area contributed by atoms with Crippen molar-refractivity contribution in [2.45, 2.75) is 38.1 Å². The van der Waals surface area contributed by atoms with Crippen molar-refractivity contribution in [3.63, 3.8) is 0 Å². The number of hydrogen-bond acceptors (Lipinski definition) is 4. The Morgan fingerprint density at radius 1 is 1.33 bits per heavy atom. The van der Waals surface area contributed by atoms with E-state index in [1.165, 1.54) is 52.3 Å². The third-order valence-electron chi connectivity index (χ3n) is 5.32. The van der Waals surface area contributed by atoms with Crippen molar-refractivity contribution >= 4 is 23.2 Å². The Balaban J connectivity index is 1.66. The Bertz CT molecular complexity index is 606. The molecule has 1 amide bonds. The minimum Gasteiger partial charge on any atom is -0.496 e. The number of benzene rings is 1. The zero-order chi connectivity index (χ0) is 17.1. The highest BCUT2D eigenvalue weighted by Crippen LogP contribution is 2.31. The van der Waals surface area contributed by atoms with Crippen LogP contribution in [0.2, 0.25) is 5.02 Å². The van der Waals surface area contributed by atoms with Crippen molar-refractivity contribution in [2.75, 3.05) is 32.5 Å². The van der Waals surface area contributed by atoms with Crippen molar-refractivity contribution in [3.05, 3.63) is 22.7 Å². The molecule has 2 fully saturated rings. The molecule has 1 aromatic rings. The summed E-state index contributed by atoms with van der Waals surface area (Å²) in [6, 6.07) is 3.80. The standard InChI is InChI=1S/C18H26ClN3O2/c1-24-17-10-15(20)14(19)9-13(17)18(23)21-11-12-5-4-8-22-7-3-2-6-16(12)22/h9-10,12,16H,2-8,11,20H2,1H3,(H,21,23)/t12-,16-/m1/s1. The number of nitrogens with zero attached hydrogens (tertiary/aromatic N) is 1. The van der Waals surface area contributed by atoms with E-state index in [4.69, 9.17) is 22.1 Å². The SMILES string of the molecule is COc1cc(N)c(Cl)cc1C(=O)NC[C@H]1CCCN2CCCC[C@H]12. The lowest BCUT2D eigenvalue weighted by molar-refractivity contribution is 0.0575. The van der Waals surface area contributed by atoms with Gasteiger partial charge in [-0.15, -0.1) is 0 Å². The van der Waals surface area contributed by atoms with E-state index in [9.17, 15) is 4.79 Å². The highest BCUT2D eigenvalue weighted by Gasteiger charge is 2.33. The zero-order valence-corrected chi connectivity index (χ0v) is 14.9. The van der Waals surface area contributed by atoms with E-state index in [-0.39, 0.29) is 5.91 Å². The molecule has 3 rings (SSSR count). The van der Waals surface area contributed by atoms with Gasteiger partial charge < -0.3 is 20.7 Å². The quantitative estimate of drug-likeness (QED) is 0.818. The molecule has 0 spiro atoms. The number of ether oxygens (including phenoxy) is 1. The second-order valence-electron chi connectivity index (χ2n) is 6.79. The van der Waals surface area contributed by atoms with Crippen molar-refractivity contribution < 1.29 is 9.53 Å². The predicted octanol–water partition coefficient (Wildman–Crippen LogP) is 2.93.